The fraction of sp³-hybridized carbons (Fsp3) is 0.958. The first-order valence-electron chi connectivity index (χ1n) is 36.0. The van der Waals surface area contributed by atoms with Crippen molar-refractivity contribution in [2.45, 2.75) is 407 Å². The van der Waals surface area contributed by atoms with Gasteiger partial charge in [-0.15, -0.1) is 0 Å². The van der Waals surface area contributed by atoms with Crippen LogP contribution in [0.4, 0.5) is 0 Å². The number of hydrogen-bond donors (Lipinski definition) is 1. The molecule has 0 fully saturated rings. The maximum atomic E-state index is 12.6. The number of rotatable bonds is 67. The Bertz CT molecular complexity index is 1230. The number of carbonyl (C=O) groups excluding carboxylic acids is 3. The fourth-order valence-electron chi connectivity index (χ4n) is 12.1. The Labute approximate surface area is 494 Å². The number of ketones is 1. The largest absolute Gasteiger partial charge is 0.466 e. The minimum Gasteiger partial charge on any atom is -0.466 e. The van der Waals surface area contributed by atoms with E-state index < -0.39 is 0 Å². The zero-order chi connectivity index (χ0) is 57.6. The average Bonchev–Trinajstić information content (AvgIpc) is 3.44. The molecule has 0 aromatic rings. The summed E-state index contributed by atoms with van der Waals surface area (Å²) in [5, 5.41) is 0. The molecule has 7 heteroatoms. The van der Waals surface area contributed by atoms with Gasteiger partial charge in [0.05, 0.1) is 19.8 Å². The van der Waals surface area contributed by atoms with Gasteiger partial charge >= 0.3 is 11.9 Å². The summed E-state index contributed by atoms with van der Waals surface area (Å²) in [5.41, 5.74) is 3.52. The highest BCUT2D eigenvalue weighted by Gasteiger charge is 2.18. The summed E-state index contributed by atoms with van der Waals surface area (Å²) in [6.07, 6.45) is 67.4. The molecule has 1 N–H and O–H groups in total. The van der Waals surface area contributed by atoms with Crippen LogP contribution in [0, 0.1) is 17.8 Å². The Morgan fingerprint density at radius 1 is 0.278 bits per heavy atom. The second kappa shape index (κ2) is 64.1. The zero-order valence-corrected chi connectivity index (χ0v) is 54.5. The van der Waals surface area contributed by atoms with Gasteiger partial charge in [0.2, 0.25) is 0 Å². The molecular formula is C72H141NO6. The van der Waals surface area contributed by atoms with Crippen LogP contribution < -0.4 is 5.48 Å². The summed E-state index contributed by atoms with van der Waals surface area (Å²) in [6, 6.07) is 0.427. The smallest absolute Gasteiger partial charge is 0.305 e. The number of nitrogens with one attached hydrogen (secondary N) is 1. The van der Waals surface area contributed by atoms with E-state index in [1.54, 1.807) is 0 Å². The molecule has 3 atom stereocenters. The zero-order valence-electron chi connectivity index (χ0n) is 54.5. The van der Waals surface area contributed by atoms with Gasteiger partial charge in [0, 0.05) is 31.7 Å². The van der Waals surface area contributed by atoms with E-state index in [0.717, 1.165) is 89.6 Å². The molecule has 470 valence electrons. The van der Waals surface area contributed by atoms with Crippen molar-refractivity contribution >= 4 is 17.7 Å². The Morgan fingerprint density at radius 2 is 0.582 bits per heavy atom. The van der Waals surface area contributed by atoms with Gasteiger partial charge in [-0.25, -0.2) is 0 Å². The molecule has 0 aromatic heterocycles. The molecule has 0 aromatic carbocycles. The molecule has 0 saturated heterocycles. The van der Waals surface area contributed by atoms with Crippen molar-refractivity contribution in [3.8, 4) is 0 Å². The number of unbranched alkanes of at least 4 members (excludes halogenated alkanes) is 33. The van der Waals surface area contributed by atoms with Crippen molar-refractivity contribution in [3.05, 3.63) is 0 Å². The van der Waals surface area contributed by atoms with Crippen molar-refractivity contribution in [2.75, 3.05) is 19.8 Å². The Balaban J connectivity index is 4.40. The van der Waals surface area contributed by atoms with Crippen molar-refractivity contribution in [2.24, 2.45) is 17.8 Å². The lowest BCUT2D eigenvalue weighted by atomic mass is 9.83. The summed E-state index contributed by atoms with van der Waals surface area (Å²) in [7, 11) is 0. The number of hydroxylamine groups is 1. The van der Waals surface area contributed by atoms with E-state index in [1.807, 2.05) is 0 Å². The molecule has 0 amide bonds. The van der Waals surface area contributed by atoms with E-state index in [-0.39, 0.29) is 11.9 Å². The predicted molar refractivity (Wildman–Crippen MR) is 343 cm³/mol. The Kier molecular flexibility index (Phi) is 62.9. The lowest BCUT2D eigenvalue weighted by Crippen LogP contribution is -2.29. The molecule has 79 heavy (non-hydrogen) atoms. The Morgan fingerprint density at radius 3 is 1.00 bits per heavy atom. The third-order valence-electron chi connectivity index (χ3n) is 17.4. The van der Waals surface area contributed by atoms with Crippen molar-refractivity contribution in [1.82, 2.24) is 5.48 Å². The first-order chi connectivity index (χ1) is 38.8. The molecule has 0 aliphatic carbocycles. The molecule has 3 unspecified atom stereocenters. The van der Waals surface area contributed by atoms with Gasteiger partial charge in [0.15, 0.2) is 0 Å². The number of Topliss-reactive ketones (excluding diaryl/α,β-unsaturated/α-hetero) is 1. The fourth-order valence-corrected chi connectivity index (χ4v) is 12.1. The molecule has 0 heterocycles. The minimum absolute atomic E-state index is 0.00566. The molecule has 0 rings (SSSR count). The summed E-state index contributed by atoms with van der Waals surface area (Å²) < 4.78 is 11.5. The van der Waals surface area contributed by atoms with Crippen LogP contribution in [0.15, 0.2) is 0 Å². The van der Waals surface area contributed by atoms with Crippen molar-refractivity contribution in [3.63, 3.8) is 0 Å². The van der Waals surface area contributed by atoms with Gasteiger partial charge in [-0.05, 0) is 82.0 Å². The van der Waals surface area contributed by atoms with Crippen LogP contribution in [-0.2, 0) is 28.7 Å². The van der Waals surface area contributed by atoms with E-state index in [9.17, 15) is 14.4 Å². The van der Waals surface area contributed by atoms with Crippen LogP contribution in [0.5, 0.6) is 0 Å². The van der Waals surface area contributed by atoms with Crippen LogP contribution in [0.25, 0.3) is 0 Å². The number of carbonyl (C=O) groups is 3. The van der Waals surface area contributed by atoms with Crippen LogP contribution in [0.2, 0.25) is 0 Å². The SMILES string of the molecule is CCCCCCCCCCC(=O)CCCCCCC(=O)OCCC(CCCCC)CC(CCC)CCCCCCCCCCONC(CCCCCCCCCC)CCCCCCC(=O)OCCC(CCCCC)CCCCC. The van der Waals surface area contributed by atoms with Crippen LogP contribution in [0.1, 0.15) is 401 Å². The van der Waals surface area contributed by atoms with E-state index in [4.69, 9.17) is 14.3 Å². The highest BCUT2D eigenvalue weighted by atomic mass is 16.6. The lowest BCUT2D eigenvalue weighted by molar-refractivity contribution is -0.145. The lowest BCUT2D eigenvalue weighted by Gasteiger charge is -2.24. The number of hydrogen-bond acceptors (Lipinski definition) is 7. The maximum Gasteiger partial charge on any atom is 0.305 e. The standard InChI is InChI=1S/C72H141NO6/c1-7-13-18-20-22-27-31-42-54-69(55-43-33-35-46-58-71(75)77-63-60-66(50-38-15-9-3)51-39-16-10-4)73-79-62-48-37-29-25-24-26-30-41-53-67(49-12-6)65-68(52-40-17-11-5)61-64-78-72(76)59-47-36-34-45-57-70(74)56-44-32-28-23-21-19-14-8-2/h66-69,73H,7-65H2,1-6H3. The third kappa shape index (κ3) is 58.1. The average molecular weight is 1120 g/mol. The van der Waals surface area contributed by atoms with Crippen LogP contribution in [-0.4, -0.2) is 43.6 Å². The number of esters is 2. The van der Waals surface area contributed by atoms with E-state index >= 15 is 0 Å². The molecule has 0 aliphatic heterocycles. The van der Waals surface area contributed by atoms with Gasteiger partial charge in [-0.3, -0.25) is 14.4 Å². The van der Waals surface area contributed by atoms with E-state index in [1.165, 1.54) is 263 Å². The summed E-state index contributed by atoms with van der Waals surface area (Å²) in [6.45, 7) is 15.7. The van der Waals surface area contributed by atoms with Crippen molar-refractivity contribution < 1.29 is 28.7 Å². The molecule has 0 saturated carbocycles. The molecule has 0 bridgehead atoms. The second-order valence-electron chi connectivity index (χ2n) is 25.3. The quantitative estimate of drug-likeness (QED) is 0.0369. The first-order valence-corrected chi connectivity index (χ1v) is 36.0. The molecule has 0 aliphatic rings. The number of ether oxygens (including phenoxy) is 2. The van der Waals surface area contributed by atoms with E-state index in [0.29, 0.717) is 56.1 Å². The molecular weight excluding hydrogens is 975 g/mol. The molecule has 7 nitrogen and oxygen atoms in total. The first kappa shape index (κ1) is 77.5. The molecule has 0 spiro atoms. The van der Waals surface area contributed by atoms with E-state index in [2.05, 4.69) is 47.0 Å². The second-order valence-corrected chi connectivity index (χ2v) is 25.3. The van der Waals surface area contributed by atoms with Gasteiger partial charge < -0.3 is 14.3 Å². The van der Waals surface area contributed by atoms with Crippen LogP contribution in [0.3, 0.4) is 0 Å². The normalized spacial score (nSPS) is 12.8. The van der Waals surface area contributed by atoms with Gasteiger partial charge in [-0.2, -0.15) is 5.48 Å². The highest BCUT2D eigenvalue weighted by Crippen LogP contribution is 2.30. The molecule has 0 radical (unpaired) electrons. The summed E-state index contributed by atoms with van der Waals surface area (Å²) >= 11 is 0. The van der Waals surface area contributed by atoms with Crippen molar-refractivity contribution in [1.29, 1.82) is 0 Å². The Hall–Kier alpha value is -1.47. The predicted octanol–water partition coefficient (Wildman–Crippen LogP) is 23.3. The third-order valence-corrected chi connectivity index (χ3v) is 17.4. The van der Waals surface area contributed by atoms with Gasteiger partial charge in [0.25, 0.3) is 0 Å². The highest BCUT2D eigenvalue weighted by molar-refractivity contribution is 5.78. The summed E-state index contributed by atoms with van der Waals surface area (Å²) in [5.74, 6) is 2.57. The van der Waals surface area contributed by atoms with Crippen LogP contribution >= 0.6 is 0 Å². The summed E-state index contributed by atoms with van der Waals surface area (Å²) in [4.78, 5) is 43.7. The van der Waals surface area contributed by atoms with Gasteiger partial charge in [-0.1, -0.05) is 311 Å². The monoisotopic (exact) mass is 1120 g/mol. The maximum absolute atomic E-state index is 12.6. The minimum atomic E-state index is -0.0304. The topological polar surface area (TPSA) is 90.9 Å². The van der Waals surface area contributed by atoms with Gasteiger partial charge in [0.1, 0.15) is 5.78 Å².